The molecule has 0 bridgehead atoms. The molecule has 1 aromatic rings. The minimum atomic E-state index is 0.0109. The first-order valence-corrected chi connectivity index (χ1v) is 7.09. The highest BCUT2D eigenvalue weighted by Crippen LogP contribution is 2.24. The topological polar surface area (TPSA) is 41.5 Å². The van der Waals surface area contributed by atoms with Crippen LogP contribution in [0.4, 0.5) is 5.69 Å². The summed E-state index contributed by atoms with van der Waals surface area (Å²) in [6.07, 6.45) is 8.15. The third-order valence-electron chi connectivity index (χ3n) is 3.50. The van der Waals surface area contributed by atoms with Crippen LogP contribution in [0.15, 0.2) is 30.4 Å². The Hall–Kier alpha value is -1.48. The third-order valence-corrected chi connectivity index (χ3v) is 3.50. The van der Waals surface area contributed by atoms with Crippen LogP contribution in [0, 0.1) is 5.92 Å². The maximum absolute atomic E-state index is 9.37. The third kappa shape index (κ3) is 4.00. The first kappa shape index (κ1) is 13.9. The Kier molecular flexibility index (Phi) is 5.28. The van der Waals surface area contributed by atoms with Crippen LogP contribution in [-0.2, 0) is 6.61 Å². The van der Waals surface area contributed by atoms with Crippen molar-refractivity contribution in [2.24, 2.45) is 5.92 Å². The Balaban J connectivity index is 1.94. The molecule has 1 aliphatic rings. The van der Waals surface area contributed by atoms with Gasteiger partial charge in [-0.05, 0) is 50.3 Å². The molecule has 0 saturated carbocycles. The van der Waals surface area contributed by atoms with Gasteiger partial charge in [-0.3, -0.25) is 0 Å². The summed E-state index contributed by atoms with van der Waals surface area (Å²) < 4.78 is 5.48. The van der Waals surface area contributed by atoms with Crippen LogP contribution in [0.5, 0.6) is 5.75 Å². The van der Waals surface area contributed by atoms with Crippen LogP contribution in [0.3, 0.4) is 0 Å². The number of hydrogen-bond donors (Lipinski definition) is 2. The molecule has 0 heterocycles. The lowest BCUT2D eigenvalue weighted by Crippen LogP contribution is -2.15. The molecule has 2 N–H and O–H groups in total. The molecule has 1 unspecified atom stereocenters. The van der Waals surface area contributed by atoms with E-state index in [1.54, 1.807) is 0 Å². The quantitative estimate of drug-likeness (QED) is 0.772. The van der Waals surface area contributed by atoms with Crippen molar-refractivity contribution in [3.05, 3.63) is 35.9 Å². The highest BCUT2D eigenvalue weighted by molar-refractivity contribution is 5.51. The van der Waals surface area contributed by atoms with Gasteiger partial charge >= 0.3 is 0 Å². The predicted molar refractivity (Wildman–Crippen MR) is 78.5 cm³/mol. The zero-order valence-electron chi connectivity index (χ0n) is 11.6. The summed E-state index contributed by atoms with van der Waals surface area (Å²) in [5, 5.41) is 12.8. The molecular formula is C16H23NO2. The normalized spacial score (nSPS) is 18.3. The summed E-state index contributed by atoms with van der Waals surface area (Å²) in [7, 11) is 0. The number of ether oxygens (including phenoxy) is 1. The Labute approximate surface area is 115 Å². The second-order valence-corrected chi connectivity index (χ2v) is 4.95. The first-order chi connectivity index (χ1) is 9.33. The fourth-order valence-electron chi connectivity index (χ4n) is 2.41. The molecular weight excluding hydrogens is 238 g/mol. The van der Waals surface area contributed by atoms with Crippen LogP contribution in [0.25, 0.3) is 0 Å². The zero-order valence-corrected chi connectivity index (χ0v) is 11.6. The van der Waals surface area contributed by atoms with Crippen molar-refractivity contribution in [1.29, 1.82) is 0 Å². The van der Waals surface area contributed by atoms with Gasteiger partial charge < -0.3 is 15.2 Å². The van der Waals surface area contributed by atoms with Crippen LogP contribution in [0.2, 0.25) is 0 Å². The Morgan fingerprint density at radius 2 is 2.26 bits per heavy atom. The minimum absolute atomic E-state index is 0.0109. The second kappa shape index (κ2) is 7.19. The number of hydrogen-bond acceptors (Lipinski definition) is 3. The molecule has 2 rings (SSSR count). The summed E-state index contributed by atoms with van der Waals surface area (Å²) in [6.45, 7) is 3.57. The van der Waals surface area contributed by atoms with E-state index in [1.807, 2.05) is 25.1 Å². The number of aliphatic hydroxyl groups is 1. The van der Waals surface area contributed by atoms with Crippen LogP contribution in [0.1, 0.15) is 31.7 Å². The van der Waals surface area contributed by atoms with Crippen molar-refractivity contribution >= 4 is 5.69 Å². The second-order valence-electron chi connectivity index (χ2n) is 4.95. The average Bonchev–Trinajstić information content (AvgIpc) is 2.47. The standard InChI is InChI=1S/C16H23NO2/c1-2-19-16-9-8-15(10-14(16)12-18)17-11-13-6-4-3-5-7-13/h3-4,8-10,13,17-18H,2,5-7,11-12H2,1H3. The molecule has 0 saturated heterocycles. The largest absolute Gasteiger partial charge is 0.494 e. The lowest BCUT2D eigenvalue weighted by molar-refractivity contribution is 0.267. The van der Waals surface area contributed by atoms with Crippen molar-refractivity contribution < 1.29 is 9.84 Å². The summed E-state index contributed by atoms with van der Waals surface area (Å²) in [5.41, 5.74) is 1.90. The number of nitrogens with one attached hydrogen (secondary N) is 1. The molecule has 1 atom stereocenters. The SMILES string of the molecule is CCOc1ccc(NCC2CC=CCC2)cc1CO. The average molecular weight is 261 g/mol. The number of aliphatic hydroxyl groups excluding tert-OH is 1. The highest BCUT2D eigenvalue weighted by Gasteiger charge is 2.10. The number of allylic oxidation sites excluding steroid dienone is 2. The Morgan fingerprint density at radius 3 is 2.95 bits per heavy atom. The van der Waals surface area contributed by atoms with Crippen molar-refractivity contribution in [1.82, 2.24) is 0 Å². The van der Waals surface area contributed by atoms with Crippen LogP contribution < -0.4 is 10.1 Å². The van der Waals surface area contributed by atoms with Crippen molar-refractivity contribution in [2.45, 2.75) is 32.8 Å². The van der Waals surface area contributed by atoms with Gasteiger partial charge in [0.1, 0.15) is 5.75 Å². The van der Waals surface area contributed by atoms with Gasteiger partial charge in [0.25, 0.3) is 0 Å². The number of benzene rings is 1. The molecule has 0 fully saturated rings. The molecule has 3 nitrogen and oxygen atoms in total. The molecule has 0 radical (unpaired) electrons. The molecule has 0 aliphatic heterocycles. The monoisotopic (exact) mass is 261 g/mol. The van der Waals surface area contributed by atoms with Gasteiger partial charge in [0.2, 0.25) is 0 Å². The summed E-state index contributed by atoms with van der Waals surface area (Å²) in [5.74, 6) is 1.49. The molecule has 1 aromatic carbocycles. The molecule has 104 valence electrons. The first-order valence-electron chi connectivity index (χ1n) is 7.09. The van der Waals surface area contributed by atoms with E-state index in [-0.39, 0.29) is 6.61 Å². The zero-order chi connectivity index (χ0) is 13.5. The van der Waals surface area contributed by atoms with Gasteiger partial charge in [0, 0.05) is 17.8 Å². The van der Waals surface area contributed by atoms with Gasteiger partial charge in [-0.1, -0.05) is 12.2 Å². The lowest BCUT2D eigenvalue weighted by Gasteiger charge is -2.19. The number of rotatable bonds is 6. The smallest absolute Gasteiger partial charge is 0.124 e. The Bertz CT molecular complexity index is 429. The molecule has 1 aliphatic carbocycles. The Morgan fingerprint density at radius 1 is 1.37 bits per heavy atom. The predicted octanol–water partition coefficient (Wildman–Crippen LogP) is 3.35. The molecule has 0 aromatic heterocycles. The highest BCUT2D eigenvalue weighted by atomic mass is 16.5. The van der Waals surface area contributed by atoms with Gasteiger partial charge in [0.05, 0.1) is 13.2 Å². The van der Waals surface area contributed by atoms with E-state index in [2.05, 4.69) is 17.5 Å². The number of anilines is 1. The fraction of sp³-hybridized carbons (Fsp3) is 0.500. The van der Waals surface area contributed by atoms with Crippen molar-refractivity contribution in [3.63, 3.8) is 0 Å². The van der Waals surface area contributed by atoms with E-state index in [4.69, 9.17) is 4.74 Å². The maximum atomic E-state index is 9.37. The molecule has 0 spiro atoms. The summed E-state index contributed by atoms with van der Waals surface area (Å²) in [4.78, 5) is 0. The van der Waals surface area contributed by atoms with Crippen molar-refractivity contribution in [2.75, 3.05) is 18.5 Å². The van der Waals surface area contributed by atoms with Gasteiger partial charge in [0.15, 0.2) is 0 Å². The summed E-state index contributed by atoms with van der Waals surface area (Å²) >= 11 is 0. The van der Waals surface area contributed by atoms with E-state index in [0.717, 1.165) is 30.0 Å². The van der Waals surface area contributed by atoms with Crippen LogP contribution in [-0.4, -0.2) is 18.3 Å². The molecule has 19 heavy (non-hydrogen) atoms. The van der Waals surface area contributed by atoms with Gasteiger partial charge in [-0.15, -0.1) is 0 Å². The summed E-state index contributed by atoms with van der Waals surface area (Å²) in [6, 6.07) is 5.92. The van der Waals surface area contributed by atoms with Gasteiger partial charge in [-0.25, -0.2) is 0 Å². The lowest BCUT2D eigenvalue weighted by atomic mass is 9.94. The van der Waals surface area contributed by atoms with E-state index < -0.39 is 0 Å². The minimum Gasteiger partial charge on any atom is -0.494 e. The molecule has 3 heteroatoms. The van der Waals surface area contributed by atoms with Gasteiger partial charge in [-0.2, -0.15) is 0 Å². The van der Waals surface area contributed by atoms with E-state index in [1.165, 1.54) is 12.8 Å². The van der Waals surface area contributed by atoms with E-state index in [9.17, 15) is 5.11 Å². The van der Waals surface area contributed by atoms with Crippen LogP contribution >= 0.6 is 0 Å². The van der Waals surface area contributed by atoms with E-state index in [0.29, 0.717) is 12.5 Å². The maximum Gasteiger partial charge on any atom is 0.124 e. The van der Waals surface area contributed by atoms with E-state index >= 15 is 0 Å². The molecule has 0 amide bonds. The fourth-order valence-corrected chi connectivity index (χ4v) is 2.41. The van der Waals surface area contributed by atoms with Crippen molar-refractivity contribution in [3.8, 4) is 5.75 Å².